The molecule has 1 fully saturated rings. The Morgan fingerprint density at radius 3 is 2.35 bits per heavy atom. The standard InChI is InChI=1S/C16H17ClIN3O2/c1-10-9-11(18)3-4-12(10)21-15(22)13(17)14(16(21)23)20-7-5-19(2)6-8-20/h3-4,9H,5-8H2,1-2H3. The third-order valence-corrected chi connectivity index (χ3v) is 5.24. The van der Waals surface area contributed by atoms with Crippen molar-refractivity contribution in [3.63, 3.8) is 0 Å². The van der Waals surface area contributed by atoms with Crippen LogP contribution in [0.4, 0.5) is 5.69 Å². The number of carbonyl (C=O) groups excluding carboxylic acids is 2. The highest BCUT2D eigenvalue weighted by molar-refractivity contribution is 14.1. The number of likely N-dealkylation sites (N-methyl/N-ethyl adjacent to an activating group) is 1. The normalized spacial score (nSPS) is 20.0. The zero-order valence-corrected chi connectivity index (χ0v) is 15.9. The number of halogens is 2. The van der Waals surface area contributed by atoms with Crippen LogP contribution < -0.4 is 4.90 Å². The highest BCUT2D eigenvalue weighted by Gasteiger charge is 2.42. The lowest BCUT2D eigenvalue weighted by atomic mass is 10.2. The van der Waals surface area contributed by atoms with Crippen LogP contribution in [-0.2, 0) is 9.59 Å². The lowest BCUT2D eigenvalue weighted by Gasteiger charge is -2.34. The summed E-state index contributed by atoms with van der Waals surface area (Å²) in [6.45, 7) is 4.97. The monoisotopic (exact) mass is 445 g/mol. The summed E-state index contributed by atoms with van der Waals surface area (Å²) in [7, 11) is 2.04. The van der Waals surface area contributed by atoms with Gasteiger partial charge in [0.15, 0.2) is 0 Å². The average Bonchev–Trinajstić information content (AvgIpc) is 2.72. The third kappa shape index (κ3) is 2.99. The van der Waals surface area contributed by atoms with Crippen LogP contribution in [0.1, 0.15) is 5.56 Å². The fraction of sp³-hybridized carbons (Fsp3) is 0.375. The molecule has 122 valence electrons. The Morgan fingerprint density at radius 1 is 1.09 bits per heavy atom. The topological polar surface area (TPSA) is 43.9 Å². The molecule has 2 heterocycles. The number of hydrogen-bond acceptors (Lipinski definition) is 4. The Kier molecular flexibility index (Phi) is 4.66. The Morgan fingerprint density at radius 2 is 1.74 bits per heavy atom. The summed E-state index contributed by atoms with van der Waals surface area (Å²) in [5.41, 5.74) is 1.81. The largest absolute Gasteiger partial charge is 0.363 e. The second-order valence-corrected chi connectivity index (χ2v) is 7.45. The van der Waals surface area contributed by atoms with Crippen LogP contribution in [0, 0.1) is 10.5 Å². The SMILES string of the molecule is Cc1cc(I)ccc1N1C(=O)C(Cl)=C(N2CCN(C)CC2)C1=O. The van der Waals surface area contributed by atoms with Gasteiger partial charge < -0.3 is 9.80 Å². The first kappa shape index (κ1) is 16.7. The fourth-order valence-corrected chi connectivity index (χ4v) is 3.82. The molecule has 3 rings (SSSR count). The van der Waals surface area contributed by atoms with Crippen LogP contribution in [-0.4, -0.2) is 54.8 Å². The lowest BCUT2D eigenvalue weighted by Crippen LogP contribution is -2.46. The van der Waals surface area contributed by atoms with E-state index in [4.69, 9.17) is 11.6 Å². The van der Waals surface area contributed by atoms with Crippen LogP contribution in [0.15, 0.2) is 28.9 Å². The first-order valence-electron chi connectivity index (χ1n) is 7.38. The highest BCUT2D eigenvalue weighted by atomic mass is 127. The van der Waals surface area contributed by atoms with E-state index in [-0.39, 0.29) is 10.9 Å². The summed E-state index contributed by atoms with van der Waals surface area (Å²) in [6, 6.07) is 5.62. The van der Waals surface area contributed by atoms with E-state index in [1.54, 1.807) is 6.07 Å². The van der Waals surface area contributed by atoms with Crippen LogP contribution in [0.2, 0.25) is 0 Å². The van der Waals surface area contributed by atoms with Crippen molar-refractivity contribution in [1.29, 1.82) is 0 Å². The summed E-state index contributed by atoms with van der Waals surface area (Å²) in [5.74, 6) is -0.760. The predicted octanol–water partition coefficient (Wildman–Crippen LogP) is 2.17. The maximum Gasteiger partial charge on any atom is 0.283 e. The van der Waals surface area contributed by atoms with Crippen LogP contribution in [0.3, 0.4) is 0 Å². The van der Waals surface area contributed by atoms with Gasteiger partial charge in [-0.25, -0.2) is 4.90 Å². The van der Waals surface area contributed by atoms with Crippen molar-refractivity contribution < 1.29 is 9.59 Å². The van der Waals surface area contributed by atoms with E-state index in [2.05, 4.69) is 27.5 Å². The second kappa shape index (κ2) is 6.41. The Labute approximate surface area is 154 Å². The maximum atomic E-state index is 12.9. The molecule has 0 radical (unpaired) electrons. The van der Waals surface area contributed by atoms with Crippen molar-refractivity contribution in [1.82, 2.24) is 9.80 Å². The smallest absolute Gasteiger partial charge is 0.283 e. The first-order valence-corrected chi connectivity index (χ1v) is 8.84. The molecule has 0 saturated carbocycles. The fourth-order valence-electron chi connectivity index (χ4n) is 2.88. The van der Waals surface area contributed by atoms with E-state index < -0.39 is 5.91 Å². The zero-order valence-electron chi connectivity index (χ0n) is 13.0. The van der Waals surface area contributed by atoms with Crippen LogP contribution >= 0.6 is 34.2 Å². The molecule has 2 aliphatic heterocycles. The van der Waals surface area contributed by atoms with Gasteiger partial charge in [0.05, 0.1) is 5.69 Å². The number of imide groups is 1. The summed E-state index contributed by atoms with van der Waals surface area (Å²) >= 11 is 8.44. The van der Waals surface area contributed by atoms with E-state index in [0.29, 0.717) is 24.5 Å². The van der Waals surface area contributed by atoms with E-state index >= 15 is 0 Å². The summed E-state index contributed by atoms with van der Waals surface area (Å²) in [5, 5.41) is 0.0255. The minimum atomic E-state index is -0.435. The molecular weight excluding hydrogens is 429 g/mol. The number of nitrogens with zero attached hydrogens (tertiary/aromatic N) is 3. The number of rotatable bonds is 2. The molecule has 2 aliphatic rings. The maximum absolute atomic E-state index is 12.9. The number of carbonyl (C=O) groups is 2. The third-order valence-electron chi connectivity index (χ3n) is 4.22. The molecule has 0 N–H and O–H groups in total. The lowest BCUT2D eigenvalue weighted by molar-refractivity contribution is -0.121. The average molecular weight is 446 g/mol. The molecule has 0 aromatic heterocycles. The summed E-state index contributed by atoms with van der Waals surface area (Å²) in [6.07, 6.45) is 0. The molecule has 0 unspecified atom stereocenters. The molecular formula is C16H17ClIN3O2. The van der Waals surface area contributed by atoms with Gasteiger partial charge >= 0.3 is 0 Å². The van der Waals surface area contributed by atoms with Crippen molar-refractivity contribution in [3.8, 4) is 0 Å². The number of benzene rings is 1. The van der Waals surface area contributed by atoms with E-state index in [0.717, 1.165) is 22.2 Å². The molecule has 1 aromatic rings. The molecule has 0 aliphatic carbocycles. The summed E-state index contributed by atoms with van der Waals surface area (Å²) < 4.78 is 1.06. The predicted molar refractivity (Wildman–Crippen MR) is 98.3 cm³/mol. The Bertz CT molecular complexity index is 711. The highest BCUT2D eigenvalue weighted by Crippen LogP contribution is 2.33. The Hall–Kier alpha value is -1.12. The van der Waals surface area contributed by atoms with Gasteiger partial charge in [-0.05, 0) is 60.3 Å². The number of aryl methyl sites for hydroxylation is 1. The van der Waals surface area contributed by atoms with Crippen molar-refractivity contribution in [2.45, 2.75) is 6.92 Å². The molecule has 1 saturated heterocycles. The van der Waals surface area contributed by atoms with Crippen LogP contribution in [0.25, 0.3) is 0 Å². The van der Waals surface area contributed by atoms with Crippen molar-refractivity contribution in [2.24, 2.45) is 0 Å². The molecule has 7 heteroatoms. The van der Waals surface area contributed by atoms with Gasteiger partial charge in [-0.15, -0.1) is 0 Å². The number of amides is 2. The first-order chi connectivity index (χ1) is 10.9. The Balaban J connectivity index is 1.93. The molecule has 0 bridgehead atoms. The van der Waals surface area contributed by atoms with Gasteiger partial charge in [0.2, 0.25) is 0 Å². The molecule has 1 aromatic carbocycles. The minimum Gasteiger partial charge on any atom is -0.363 e. The minimum absolute atomic E-state index is 0.0255. The molecule has 0 spiro atoms. The van der Waals surface area contributed by atoms with Gasteiger partial charge in [-0.3, -0.25) is 9.59 Å². The van der Waals surface area contributed by atoms with E-state index in [9.17, 15) is 9.59 Å². The van der Waals surface area contributed by atoms with Crippen LogP contribution in [0.5, 0.6) is 0 Å². The van der Waals surface area contributed by atoms with Gasteiger partial charge in [0.25, 0.3) is 11.8 Å². The second-order valence-electron chi connectivity index (χ2n) is 5.83. The number of piperazine rings is 1. The quantitative estimate of drug-likeness (QED) is 0.517. The van der Waals surface area contributed by atoms with Gasteiger partial charge in [-0.1, -0.05) is 11.6 Å². The van der Waals surface area contributed by atoms with Gasteiger partial charge in [0.1, 0.15) is 10.7 Å². The van der Waals surface area contributed by atoms with Crippen molar-refractivity contribution >= 4 is 51.7 Å². The molecule has 0 atom stereocenters. The molecule has 5 nitrogen and oxygen atoms in total. The number of anilines is 1. The van der Waals surface area contributed by atoms with Gasteiger partial charge in [0, 0.05) is 29.7 Å². The summed E-state index contributed by atoms with van der Waals surface area (Å²) in [4.78, 5) is 30.7. The van der Waals surface area contributed by atoms with E-state index in [1.807, 2.05) is 31.0 Å². The van der Waals surface area contributed by atoms with E-state index in [1.165, 1.54) is 4.90 Å². The molecule has 23 heavy (non-hydrogen) atoms. The van der Waals surface area contributed by atoms with Gasteiger partial charge in [-0.2, -0.15) is 0 Å². The zero-order chi connectivity index (χ0) is 16.7. The van der Waals surface area contributed by atoms with Crippen molar-refractivity contribution in [3.05, 3.63) is 38.1 Å². The number of hydrogen-bond donors (Lipinski definition) is 0. The van der Waals surface area contributed by atoms with Crippen molar-refractivity contribution in [2.75, 3.05) is 38.1 Å². The molecule has 2 amide bonds.